The van der Waals surface area contributed by atoms with Crippen molar-refractivity contribution in [2.24, 2.45) is 0 Å². The number of aromatic nitrogens is 1. The van der Waals surface area contributed by atoms with Crippen LogP contribution in [0, 0.1) is 11.3 Å². The number of thioether (sulfide) groups is 1. The molecule has 0 radical (unpaired) electrons. The molecule has 3 aromatic carbocycles. The van der Waals surface area contributed by atoms with Crippen molar-refractivity contribution in [2.75, 3.05) is 12.3 Å². The molecule has 10 heteroatoms. The van der Waals surface area contributed by atoms with E-state index in [-0.39, 0.29) is 12.4 Å². The number of fused-ring (bicyclic) bond motifs is 1. The minimum absolute atomic E-state index is 0.0600. The monoisotopic (exact) mass is 600 g/mol. The highest BCUT2D eigenvalue weighted by molar-refractivity contribution is 7.98. The predicted octanol–water partition coefficient (Wildman–Crippen LogP) is 6.61. The van der Waals surface area contributed by atoms with Gasteiger partial charge in [-0.15, -0.1) is 0 Å². The van der Waals surface area contributed by atoms with Crippen molar-refractivity contribution in [1.82, 2.24) is 15.2 Å². The van der Waals surface area contributed by atoms with Crippen LogP contribution in [0.25, 0.3) is 11.1 Å². The number of aliphatic hydroxyl groups is 1. The van der Waals surface area contributed by atoms with E-state index < -0.39 is 29.9 Å². The Morgan fingerprint density at radius 3 is 2.49 bits per heavy atom. The molecular formula is C33H36N4O5S. The summed E-state index contributed by atoms with van der Waals surface area (Å²) in [6.07, 6.45) is -1.14. The molecular weight excluding hydrogens is 564 g/mol. The highest BCUT2D eigenvalue weighted by atomic mass is 32.2. The molecule has 0 aliphatic carbocycles. The van der Waals surface area contributed by atoms with Crippen LogP contribution in [0.5, 0.6) is 0 Å². The van der Waals surface area contributed by atoms with Crippen molar-refractivity contribution in [3.8, 4) is 6.07 Å². The van der Waals surface area contributed by atoms with E-state index in [0.29, 0.717) is 41.0 Å². The SMILES string of the molecule is CC(C)(C)OC(=O)N(CCSCc1ccccc1C#N)C(=O)N[C@@H](CCc1ccccc1)C(O)c1nc2ccccc2o1. The summed E-state index contributed by atoms with van der Waals surface area (Å²) >= 11 is 1.49. The molecule has 1 heterocycles. The summed E-state index contributed by atoms with van der Waals surface area (Å²) in [4.78, 5) is 32.3. The second-order valence-electron chi connectivity index (χ2n) is 11.0. The van der Waals surface area contributed by atoms with E-state index in [1.807, 2.05) is 60.7 Å². The average Bonchev–Trinajstić information content (AvgIpc) is 3.43. The number of benzene rings is 3. The Morgan fingerprint density at radius 2 is 1.77 bits per heavy atom. The Labute approximate surface area is 255 Å². The maximum atomic E-state index is 13.7. The molecule has 4 aromatic rings. The molecule has 0 bridgehead atoms. The second kappa shape index (κ2) is 14.7. The third-order valence-corrected chi connectivity index (χ3v) is 7.54. The summed E-state index contributed by atoms with van der Waals surface area (Å²) in [5.74, 6) is 1.04. The van der Waals surface area contributed by atoms with E-state index >= 15 is 0 Å². The van der Waals surface area contributed by atoms with Crippen molar-refractivity contribution in [1.29, 1.82) is 5.26 Å². The minimum Gasteiger partial charge on any atom is -0.443 e. The maximum absolute atomic E-state index is 13.7. The van der Waals surface area contributed by atoms with Gasteiger partial charge in [0.25, 0.3) is 0 Å². The normalized spacial score (nSPS) is 12.7. The Hall–Kier alpha value is -4.33. The Kier molecular flexibility index (Phi) is 10.8. The van der Waals surface area contributed by atoms with Crippen LogP contribution in [0.4, 0.5) is 9.59 Å². The van der Waals surface area contributed by atoms with Gasteiger partial charge in [-0.1, -0.05) is 60.7 Å². The van der Waals surface area contributed by atoms with E-state index in [0.717, 1.165) is 16.0 Å². The third-order valence-electron chi connectivity index (χ3n) is 6.55. The van der Waals surface area contributed by atoms with Crippen LogP contribution >= 0.6 is 11.8 Å². The number of rotatable bonds is 11. The van der Waals surface area contributed by atoms with Gasteiger partial charge in [0, 0.05) is 18.1 Å². The van der Waals surface area contributed by atoms with Crippen LogP contribution in [-0.2, 0) is 16.9 Å². The molecule has 1 unspecified atom stereocenters. The lowest BCUT2D eigenvalue weighted by Crippen LogP contribution is -2.51. The Bertz CT molecular complexity index is 1530. The number of aryl methyl sites for hydroxylation is 1. The number of aliphatic hydroxyl groups excluding tert-OH is 1. The summed E-state index contributed by atoms with van der Waals surface area (Å²) < 4.78 is 11.4. The number of carbonyl (C=O) groups excluding carboxylic acids is 2. The number of carbonyl (C=O) groups is 2. The van der Waals surface area contributed by atoms with Crippen LogP contribution in [0.3, 0.4) is 0 Å². The second-order valence-corrected chi connectivity index (χ2v) is 12.1. The molecule has 4 rings (SSSR count). The molecule has 0 aliphatic rings. The van der Waals surface area contributed by atoms with Crippen LogP contribution < -0.4 is 5.32 Å². The number of amides is 3. The van der Waals surface area contributed by atoms with Gasteiger partial charge in [-0.2, -0.15) is 17.0 Å². The minimum atomic E-state index is -1.27. The molecule has 0 aliphatic heterocycles. The van der Waals surface area contributed by atoms with Gasteiger partial charge in [-0.25, -0.2) is 19.5 Å². The zero-order chi connectivity index (χ0) is 30.8. The number of ether oxygens (including phenoxy) is 1. The number of nitrogens with zero attached hydrogens (tertiary/aromatic N) is 3. The Morgan fingerprint density at radius 1 is 1.07 bits per heavy atom. The van der Waals surface area contributed by atoms with E-state index in [9.17, 15) is 20.0 Å². The number of urea groups is 1. The highest BCUT2D eigenvalue weighted by Crippen LogP contribution is 2.25. The molecule has 224 valence electrons. The van der Waals surface area contributed by atoms with Gasteiger partial charge in [0.05, 0.1) is 17.7 Å². The topological polar surface area (TPSA) is 129 Å². The summed E-state index contributed by atoms with van der Waals surface area (Å²) in [5.41, 5.74) is 2.80. The van der Waals surface area contributed by atoms with Crippen molar-refractivity contribution in [3.05, 3.63) is 101 Å². The van der Waals surface area contributed by atoms with Crippen LogP contribution in [0.15, 0.2) is 83.3 Å². The fourth-order valence-electron chi connectivity index (χ4n) is 4.39. The van der Waals surface area contributed by atoms with Crippen molar-refractivity contribution in [2.45, 2.75) is 57.1 Å². The van der Waals surface area contributed by atoms with E-state index in [2.05, 4.69) is 16.4 Å². The van der Waals surface area contributed by atoms with Gasteiger partial charge in [-0.3, -0.25) is 0 Å². The lowest BCUT2D eigenvalue weighted by Gasteiger charge is -2.29. The lowest BCUT2D eigenvalue weighted by atomic mass is 10.0. The molecule has 0 saturated carbocycles. The van der Waals surface area contributed by atoms with Crippen LogP contribution in [0.1, 0.15) is 55.9 Å². The molecule has 3 amide bonds. The van der Waals surface area contributed by atoms with Gasteiger partial charge in [-0.05, 0) is 62.9 Å². The summed E-state index contributed by atoms with van der Waals surface area (Å²) in [6.45, 7) is 5.25. The van der Waals surface area contributed by atoms with Gasteiger partial charge < -0.3 is 19.6 Å². The Balaban J connectivity index is 1.51. The first-order chi connectivity index (χ1) is 20.6. The quantitative estimate of drug-likeness (QED) is 0.184. The molecule has 2 N–H and O–H groups in total. The molecule has 1 aromatic heterocycles. The fourth-order valence-corrected chi connectivity index (χ4v) is 5.31. The summed E-state index contributed by atoms with van der Waals surface area (Å²) in [6, 6.07) is 24.9. The van der Waals surface area contributed by atoms with E-state index in [4.69, 9.17) is 9.15 Å². The molecule has 43 heavy (non-hydrogen) atoms. The number of imide groups is 1. The summed E-state index contributed by atoms with van der Waals surface area (Å²) in [5, 5.41) is 23.6. The van der Waals surface area contributed by atoms with Gasteiger partial charge in [0.1, 0.15) is 11.1 Å². The number of nitrogens with one attached hydrogen (secondary N) is 1. The molecule has 0 spiro atoms. The first-order valence-corrected chi connectivity index (χ1v) is 15.2. The zero-order valence-corrected chi connectivity index (χ0v) is 25.3. The molecule has 0 saturated heterocycles. The molecule has 2 atom stereocenters. The van der Waals surface area contributed by atoms with Gasteiger partial charge in [0.15, 0.2) is 11.7 Å². The van der Waals surface area contributed by atoms with Gasteiger partial charge >= 0.3 is 12.1 Å². The standard InChI is InChI=1S/C33H36N4O5S/c1-33(2,3)42-32(40)37(19-20-43-22-25-14-8-7-13-24(25)21-34)31(39)36-27(18-17-23-11-5-4-6-12-23)29(38)30-35-26-15-9-10-16-28(26)41-30/h4-16,27,29,38H,17-20,22H2,1-3H3,(H,36,39)/t27-,29?/m0/s1. The largest absolute Gasteiger partial charge is 0.443 e. The number of para-hydroxylation sites is 2. The predicted molar refractivity (Wildman–Crippen MR) is 166 cm³/mol. The summed E-state index contributed by atoms with van der Waals surface area (Å²) in [7, 11) is 0. The van der Waals surface area contributed by atoms with Crippen LogP contribution in [0.2, 0.25) is 0 Å². The highest BCUT2D eigenvalue weighted by Gasteiger charge is 2.32. The van der Waals surface area contributed by atoms with Crippen molar-refractivity contribution in [3.63, 3.8) is 0 Å². The fraction of sp³-hybridized carbons (Fsp3) is 0.333. The van der Waals surface area contributed by atoms with E-state index in [1.165, 1.54) is 11.8 Å². The third kappa shape index (κ3) is 9.08. The lowest BCUT2D eigenvalue weighted by molar-refractivity contribution is 0.0315. The zero-order valence-electron chi connectivity index (χ0n) is 24.5. The number of nitriles is 1. The maximum Gasteiger partial charge on any atom is 0.418 e. The molecule has 0 fully saturated rings. The van der Waals surface area contributed by atoms with Gasteiger partial charge in [0.2, 0.25) is 5.89 Å². The smallest absolute Gasteiger partial charge is 0.418 e. The number of hydrogen-bond donors (Lipinski definition) is 2. The number of hydrogen-bond acceptors (Lipinski definition) is 8. The van der Waals surface area contributed by atoms with Crippen LogP contribution in [-0.4, -0.2) is 51.1 Å². The van der Waals surface area contributed by atoms with E-state index in [1.54, 1.807) is 39.0 Å². The molecule has 9 nitrogen and oxygen atoms in total. The first kappa shape index (κ1) is 31.6. The van der Waals surface area contributed by atoms with Crippen molar-refractivity contribution < 1.29 is 23.8 Å². The average molecular weight is 601 g/mol. The number of oxazole rings is 1. The van der Waals surface area contributed by atoms with Crippen molar-refractivity contribution >= 4 is 35.0 Å². The first-order valence-electron chi connectivity index (χ1n) is 14.1.